The molecule has 0 saturated heterocycles. The molecule has 1 aliphatic carbocycles. The zero-order valence-electron chi connectivity index (χ0n) is 8.79. The number of hydrogen-bond donors (Lipinski definition) is 0. The average molecular weight is 192 g/mol. The first-order valence-corrected chi connectivity index (χ1v) is 5.06. The van der Waals surface area contributed by atoms with Gasteiger partial charge in [0.1, 0.15) is 0 Å². The van der Waals surface area contributed by atoms with E-state index in [1.54, 1.807) is 0 Å². The molecule has 76 valence electrons. The molecule has 14 heavy (non-hydrogen) atoms. The summed E-state index contributed by atoms with van der Waals surface area (Å²) in [6.45, 7) is 4.49. The number of nitrogens with zero attached hydrogens (tertiary/aromatic N) is 2. The van der Waals surface area contributed by atoms with Gasteiger partial charge in [-0.15, -0.1) is 0 Å². The summed E-state index contributed by atoms with van der Waals surface area (Å²) < 4.78 is 0. The van der Waals surface area contributed by atoms with Gasteiger partial charge in [0.05, 0.1) is 6.07 Å². The average Bonchev–Trinajstić information content (AvgIpc) is 2.15. The molecule has 1 atom stereocenters. The SMILES string of the molecule is CC1(C)CCC(C(C#N)N=C=O)CC1. The third kappa shape index (κ3) is 2.68. The molecular formula is C11H16N2O. The first-order chi connectivity index (χ1) is 6.59. The van der Waals surface area contributed by atoms with Crippen molar-refractivity contribution in [2.75, 3.05) is 0 Å². The molecule has 0 amide bonds. The van der Waals surface area contributed by atoms with E-state index < -0.39 is 6.04 Å². The van der Waals surface area contributed by atoms with Gasteiger partial charge in [-0.25, -0.2) is 4.79 Å². The van der Waals surface area contributed by atoms with Gasteiger partial charge in [-0.2, -0.15) is 10.3 Å². The van der Waals surface area contributed by atoms with Gasteiger partial charge in [0.2, 0.25) is 6.08 Å². The highest BCUT2D eigenvalue weighted by Gasteiger charge is 2.31. The Morgan fingerprint density at radius 1 is 1.43 bits per heavy atom. The van der Waals surface area contributed by atoms with Crippen LogP contribution in [0.3, 0.4) is 0 Å². The van der Waals surface area contributed by atoms with Gasteiger partial charge >= 0.3 is 0 Å². The normalized spacial score (nSPS) is 23.2. The third-order valence-corrected chi connectivity index (χ3v) is 3.15. The van der Waals surface area contributed by atoms with E-state index in [1.807, 2.05) is 0 Å². The van der Waals surface area contributed by atoms with Gasteiger partial charge in [0.15, 0.2) is 6.04 Å². The van der Waals surface area contributed by atoms with Crippen molar-refractivity contribution in [3.05, 3.63) is 0 Å². The molecule has 0 bridgehead atoms. The third-order valence-electron chi connectivity index (χ3n) is 3.15. The number of rotatable bonds is 2. The minimum absolute atomic E-state index is 0.259. The van der Waals surface area contributed by atoms with Crippen molar-refractivity contribution in [2.24, 2.45) is 16.3 Å². The second-order valence-corrected chi connectivity index (χ2v) is 4.80. The molecule has 0 spiro atoms. The molecule has 1 aliphatic rings. The summed E-state index contributed by atoms with van der Waals surface area (Å²) >= 11 is 0. The van der Waals surface area contributed by atoms with E-state index in [9.17, 15) is 4.79 Å². The fraction of sp³-hybridized carbons (Fsp3) is 0.818. The Kier molecular flexibility index (Phi) is 3.43. The molecular weight excluding hydrogens is 176 g/mol. The minimum atomic E-state index is -0.469. The highest BCUT2D eigenvalue weighted by molar-refractivity contribution is 5.34. The first kappa shape index (κ1) is 10.9. The van der Waals surface area contributed by atoms with E-state index in [0.717, 1.165) is 25.7 Å². The summed E-state index contributed by atoms with van der Waals surface area (Å²) in [5.41, 5.74) is 0.390. The molecule has 0 radical (unpaired) electrons. The summed E-state index contributed by atoms with van der Waals surface area (Å²) in [6, 6.07) is 1.60. The largest absolute Gasteiger partial charge is 0.236 e. The fourth-order valence-electron chi connectivity index (χ4n) is 2.03. The maximum Gasteiger partial charge on any atom is 0.236 e. The lowest BCUT2D eigenvalue weighted by Crippen LogP contribution is -2.27. The lowest BCUT2D eigenvalue weighted by molar-refractivity contribution is 0.184. The Hall–Kier alpha value is -1.13. The molecule has 0 aromatic rings. The molecule has 1 rings (SSSR count). The van der Waals surface area contributed by atoms with Crippen LogP contribution in [-0.2, 0) is 4.79 Å². The van der Waals surface area contributed by atoms with Crippen molar-refractivity contribution in [2.45, 2.75) is 45.6 Å². The summed E-state index contributed by atoms with van der Waals surface area (Å²) in [5.74, 6) is 0.259. The van der Waals surface area contributed by atoms with Crippen LogP contribution < -0.4 is 0 Å². The molecule has 3 nitrogen and oxygen atoms in total. The van der Waals surface area contributed by atoms with Gasteiger partial charge < -0.3 is 0 Å². The first-order valence-electron chi connectivity index (χ1n) is 5.06. The molecule has 3 heteroatoms. The van der Waals surface area contributed by atoms with E-state index in [2.05, 4.69) is 24.9 Å². The summed E-state index contributed by atoms with van der Waals surface area (Å²) in [4.78, 5) is 13.6. The molecule has 1 saturated carbocycles. The van der Waals surface area contributed by atoms with Crippen molar-refractivity contribution in [1.82, 2.24) is 0 Å². The van der Waals surface area contributed by atoms with Crippen LogP contribution in [0.1, 0.15) is 39.5 Å². The highest BCUT2D eigenvalue weighted by atomic mass is 16.1. The van der Waals surface area contributed by atoms with Gasteiger partial charge in [0, 0.05) is 0 Å². The van der Waals surface area contributed by atoms with Crippen molar-refractivity contribution in [3.63, 3.8) is 0 Å². The second-order valence-electron chi connectivity index (χ2n) is 4.80. The predicted octanol–water partition coefficient (Wildman–Crippen LogP) is 2.43. The van der Waals surface area contributed by atoms with Gasteiger partial charge in [-0.1, -0.05) is 13.8 Å². The van der Waals surface area contributed by atoms with Gasteiger partial charge in [0.25, 0.3) is 0 Å². The van der Waals surface area contributed by atoms with Crippen molar-refractivity contribution in [1.29, 1.82) is 5.26 Å². The molecule has 0 aromatic carbocycles. The van der Waals surface area contributed by atoms with Crippen molar-refractivity contribution < 1.29 is 4.79 Å². The van der Waals surface area contributed by atoms with E-state index in [0.29, 0.717) is 5.41 Å². The lowest BCUT2D eigenvalue weighted by atomic mass is 9.71. The predicted molar refractivity (Wildman–Crippen MR) is 53.3 cm³/mol. The Labute approximate surface area is 84.8 Å². The van der Waals surface area contributed by atoms with Crippen LogP contribution in [0.5, 0.6) is 0 Å². The zero-order chi connectivity index (χ0) is 10.6. The monoisotopic (exact) mass is 192 g/mol. The van der Waals surface area contributed by atoms with Crippen molar-refractivity contribution in [3.8, 4) is 6.07 Å². The summed E-state index contributed by atoms with van der Waals surface area (Å²) in [7, 11) is 0. The Bertz CT molecular complexity index is 274. The number of nitriles is 1. The molecule has 1 fully saturated rings. The molecule has 0 aromatic heterocycles. The zero-order valence-corrected chi connectivity index (χ0v) is 8.79. The van der Waals surface area contributed by atoms with Crippen molar-refractivity contribution >= 4 is 6.08 Å². The molecule has 0 N–H and O–H groups in total. The Morgan fingerprint density at radius 2 is 2.00 bits per heavy atom. The maximum absolute atomic E-state index is 10.1. The number of hydrogen-bond acceptors (Lipinski definition) is 3. The number of isocyanates is 1. The van der Waals surface area contributed by atoms with Crippen LogP contribution in [0.4, 0.5) is 0 Å². The van der Waals surface area contributed by atoms with Gasteiger partial charge in [-0.3, -0.25) is 0 Å². The standard InChI is InChI=1S/C11H16N2O/c1-11(2)5-3-9(4-6-11)10(7-12)13-8-14/h9-10H,3-6H2,1-2H3. The van der Waals surface area contributed by atoms with Crippen LogP contribution in [0.25, 0.3) is 0 Å². The van der Waals surface area contributed by atoms with Gasteiger partial charge in [-0.05, 0) is 37.0 Å². The summed E-state index contributed by atoms with van der Waals surface area (Å²) in [5, 5.41) is 8.82. The Balaban J connectivity index is 2.57. The summed E-state index contributed by atoms with van der Waals surface area (Å²) in [6.07, 6.45) is 5.71. The smallest absolute Gasteiger partial charge is 0.211 e. The second kappa shape index (κ2) is 4.39. The van der Waals surface area contributed by atoms with Crippen LogP contribution in [0, 0.1) is 22.7 Å². The number of aliphatic imine (C=N–C) groups is 1. The molecule has 0 aliphatic heterocycles. The topological polar surface area (TPSA) is 53.2 Å². The van der Waals surface area contributed by atoms with E-state index in [1.165, 1.54) is 6.08 Å². The minimum Gasteiger partial charge on any atom is -0.211 e. The van der Waals surface area contributed by atoms with Crippen LogP contribution in [-0.4, -0.2) is 12.1 Å². The molecule has 1 unspecified atom stereocenters. The Morgan fingerprint density at radius 3 is 2.43 bits per heavy atom. The number of carbonyl (C=O) groups excluding carboxylic acids is 1. The lowest BCUT2D eigenvalue weighted by Gasteiger charge is -2.34. The van der Waals surface area contributed by atoms with E-state index in [4.69, 9.17) is 5.26 Å². The van der Waals surface area contributed by atoms with E-state index >= 15 is 0 Å². The quantitative estimate of drug-likeness (QED) is 0.498. The molecule has 0 heterocycles. The maximum atomic E-state index is 10.1. The van der Waals surface area contributed by atoms with Crippen LogP contribution >= 0.6 is 0 Å². The van der Waals surface area contributed by atoms with Crippen LogP contribution in [0.15, 0.2) is 4.99 Å². The van der Waals surface area contributed by atoms with E-state index in [-0.39, 0.29) is 5.92 Å². The highest BCUT2D eigenvalue weighted by Crippen LogP contribution is 2.39. The van der Waals surface area contributed by atoms with Crippen LogP contribution in [0.2, 0.25) is 0 Å². The fourth-order valence-corrected chi connectivity index (χ4v) is 2.03.